The Morgan fingerprint density at radius 1 is 1.10 bits per heavy atom. The van der Waals surface area contributed by atoms with Gasteiger partial charge in [-0.25, -0.2) is 4.39 Å². The van der Waals surface area contributed by atoms with Gasteiger partial charge in [-0.1, -0.05) is 36.7 Å². The van der Waals surface area contributed by atoms with Crippen molar-refractivity contribution in [3.8, 4) is 0 Å². The molecular weight excluding hydrogens is 393 g/mol. The lowest BCUT2D eigenvalue weighted by molar-refractivity contribution is -0.119. The first kappa shape index (κ1) is 21.0. The highest BCUT2D eigenvalue weighted by Crippen LogP contribution is 2.23. The molecule has 1 N–H and O–H groups in total. The fourth-order valence-electron chi connectivity index (χ4n) is 3.26. The summed E-state index contributed by atoms with van der Waals surface area (Å²) in [6.45, 7) is 9.98. The number of hydrogen-bond acceptors (Lipinski definition) is 3. The Balaban J connectivity index is 1.74. The zero-order chi connectivity index (χ0) is 21.3. The SMILES string of the molecule is Cc1nn(CC(C)C(=O)Nc2c(C)nn(Cc3ccccc3F)c2C)c(C)c1Cl. The molecule has 1 unspecified atom stereocenters. The lowest BCUT2D eigenvalue weighted by Gasteiger charge is -2.14. The number of anilines is 1. The molecule has 29 heavy (non-hydrogen) atoms. The molecule has 0 aliphatic carbocycles. The predicted octanol–water partition coefficient (Wildman–Crippen LogP) is 4.43. The zero-order valence-corrected chi connectivity index (χ0v) is 18.0. The number of carbonyl (C=O) groups is 1. The lowest BCUT2D eigenvalue weighted by Crippen LogP contribution is -2.25. The third-order valence-corrected chi connectivity index (χ3v) is 5.64. The highest BCUT2D eigenvalue weighted by Gasteiger charge is 2.21. The first-order chi connectivity index (χ1) is 13.7. The van der Waals surface area contributed by atoms with Gasteiger partial charge in [0.25, 0.3) is 0 Å². The van der Waals surface area contributed by atoms with E-state index in [0.29, 0.717) is 35.1 Å². The van der Waals surface area contributed by atoms with E-state index in [-0.39, 0.29) is 17.6 Å². The van der Waals surface area contributed by atoms with Crippen LogP contribution in [0.1, 0.15) is 35.3 Å². The van der Waals surface area contributed by atoms with E-state index in [1.165, 1.54) is 6.07 Å². The summed E-state index contributed by atoms with van der Waals surface area (Å²) in [5.41, 5.74) is 4.26. The van der Waals surface area contributed by atoms with Crippen LogP contribution in [-0.2, 0) is 17.9 Å². The van der Waals surface area contributed by atoms with Crippen molar-refractivity contribution >= 4 is 23.2 Å². The molecule has 3 rings (SSSR count). The molecule has 1 atom stereocenters. The van der Waals surface area contributed by atoms with Gasteiger partial charge in [-0.05, 0) is 33.8 Å². The first-order valence-electron chi connectivity index (χ1n) is 9.46. The molecule has 0 aliphatic heterocycles. The Labute approximate surface area is 174 Å². The van der Waals surface area contributed by atoms with Crippen LogP contribution in [0.15, 0.2) is 24.3 Å². The van der Waals surface area contributed by atoms with E-state index >= 15 is 0 Å². The second-order valence-electron chi connectivity index (χ2n) is 7.35. The van der Waals surface area contributed by atoms with Gasteiger partial charge in [0.1, 0.15) is 5.82 Å². The average Bonchev–Trinajstić information content (AvgIpc) is 3.08. The van der Waals surface area contributed by atoms with Gasteiger partial charge in [0.2, 0.25) is 5.91 Å². The molecule has 0 saturated carbocycles. The minimum Gasteiger partial charge on any atom is -0.323 e. The smallest absolute Gasteiger partial charge is 0.229 e. The van der Waals surface area contributed by atoms with Crippen LogP contribution in [0.25, 0.3) is 0 Å². The van der Waals surface area contributed by atoms with Crippen LogP contribution in [0.2, 0.25) is 5.02 Å². The number of benzene rings is 1. The Morgan fingerprint density at radius 3 is 2.38 bits per heavy atom. The van der Waals surface area contributed by atoms with E-state index < -0.39 is 0 Å². The monoisotopic (exact) mass is 417 g/mol. The van der Waals surface area contributed by atoms with E-state index in [1.807, 2.05) is 34.6 Å². The van der Waals surface area contributed by atoms with Crippen molar-refractivity contribution in [1.29, 1.82) is 0 Å². The Bertz CT molecular complexity index is 1060. The summed E-state index contributed by atoms with van der Waals surface area (Å²) in [6, 6.07) is 6.60. The zero-order valence-electron chi connectivity index (χ0n) is 17.3. The minimum atomic E-state index is -0.321. The van der Waals surface area contributed by atoms with Gasteiger partial charge in [-0.2, -0.15) is 10.2 Å². The number of carbonyl (C=O) groups excluding carboxylic acids is 1. The summed E-state index contributed by atoms with van der Waals surface area (Å²) in [7, 11) is 0. The van der Waals surface area contributed by atoms with Crippen LogP contribution < -0.4 is 5.32 Å². The molecule has 2 heterocycles. The van der Waals surface area contributed by atoms with E-state index in [2.05, 4.69) is 15.5 Å². The second kappa shape index (κ2) is 8.37. The predicted molar refractivity (Wildman–Crippen MR) is 112 cm³/mol. The fourth-order valence-corrected chi connectivity index (χ4v) is 3.40. The fraction of sp³-hybridized carbons (Fsp3) is 0.381. The van der Waals surface area contributed by atoms with E-state index in [4.69, 9.17) is 11.6 Å². The summed E-state index contributed by atoms with van der Waals surface area (Å²) in [5.74, 6) is -0.731. The molecule has 0 aliphatic rings. The van der Waals surface area contributed by atoms with Gasteiger partial charge in [0, 0.05) is 5.56 Å². The van der Waals surface area contributed by atoms with Crippen molar-refractivity contribution in [3.63, 3.8) is 0 Å². The maximum Gasteiger partial charge on any atom is 0.229 e. The maximum atomic E-state index is 14.0. The largest absolute Gasteiger partial charge is 0.323 e. The summed E-state index contributed by atoms with van der Waals surface area (Å²) in [5, 5.41) is 12.5. The molecule has 0 spiro atoms. The highest BCUT2D eigenvalue weighted by molar-refractivity contribution is 6.31. The maximum absolute atomic E-state index is 14.0. The van der Waals surface area contributed by atoms with Crippen LogP contribution in [-0.4, -0.2) is 25.5 Å². The van der Waals surface area contributed by atoms with E-state index in [1.54, 1.807) is 27.6 Å². The molecule has 0 saturated heterocycles. The van der Waals surface area contributed by atoms with Gasteiger partial charge in [-0.15, -0.1) is 0 Å². The number of aromatic nitrogens is 4. The van der Waals surface area contributed by atoms with Crippen LogP contribution >= 0.6 is 11.6 Å². The molecule has 0 bridgehead atoms. The summed E-state index contributed by atoms with van der Waals surface area (Å²) < 4.78 is 17.4. The second-order valence-corrected chi connectivity index (χ2v) is 7.73. The molecule has 0 fully saturated rings. The molecule has 2 aromatic heterocycles. The Kier molecular flexibility index (Phi) is 6.07. The van der Waals surface area contributed by atoms with Crippen LogP contribution in [0.5, 0.6) is 0 Å². The third-order valence-electron chi connectivity index (χ3n) is 5.10. The van der Waals surface area contributed by atoms with Gasteiger partial charge >= 0.3 is 0 Å². The number of halogens is 2. The molecule has 0 radical (unpaired) electrons. The number of amides is 1. The van der Waals surface area contributed by atoms with E-state index in [9.17, 15) is 9.18 Å². The van der Waals surface area contributed by atoms with Crippen LogP contribution in [0, 0.1) is 39.4 Å². The standard InChI is InChI=1S/C21H25ClFN5O/c1-12(10-27-15(4)19(22)13(2)25-27)21(29)24-20-14(3)26-28(16(20)5)11-17-8-6-7-9-18(17)23/h6-9,12H,10-11H2,1-5H3,(H,24,29). The van der Waals surface area contributed by atoms with E-state index in [0.717, 1.165) is 17.1 Å². The van der Waals surface area contributed by atoms with Crippen molar-refractivity contribution in [2.24, 2.45) is 5.92 Å². The topological polar surface area (TPSA) is 64.7 Å². The van der Waals surface area contributed by atoms with Crippen molar-refractivity contribution in [2.75, 3.05) is 5.32 Å². The average molecular weight is 418 g/mol. The third kappa shape index (κ3) is 4.34. The molecule has 1 aromatic carbocycles. The molecular formula is C21H25ClFN5O. The van der Waals surface area contributed by atoms with Gasteiger partial charge in [0.05, 0.1) is 52.5 Å². The number of rotatable bonds is 6. The molecule has 1 amide bonds. The highest BCUT2D eigenvalue weighted by atomic mass is 35.5. The molecule has 8 heteroatoms. The van der Waals surface area contributed by atoms with Gasteiger partial charge in [0.15, 0.2) is 0 Å². The van der Waals surface area contributed by atoms with Crippen molar-refractivity contribution in [1.82, 2.24) is 19.6 Å². The molecule has 154 valence electrons. The van der Waals surface area contributed by atoms with Crippen molar-refractivity contribution in [3.05, 3.63) is 63.4 Å². The lowest BCUT2D eigenvalue weighted by atomic mass is 10.1. The normalized spacial score (nSPS) is 12.2. The first-order valence-corrected chi connectivity index (χ1v) is 9.84. The van der Waals surface area contributed by atoms with Crippen molar-refractivity contribution in [2.45, 2.75) is 47.7 Å². The minimum absolute atomic E-state index is 0.134. The van der Waals surface area contributed by atoms with Crippen LogP contribution in [0.3, 0.4) is 0 Å². The summed E-state index contributed by atoms with van der Waals surface area (Å²) in [4.78, 5) is 12.8. The molecule has 3 aromatic rings. The number of hydrogen-bond donors (Lipinski definition) is 1. The Morgan fingerprint density at radius 2 is 1.76 bits per heavy atom. The Hall–Kier alpha value is -2.67. The summed E-state index contributed by atoms with van der Waals surface area (Å²) in [6.07, 6.45) is 0. The van der Waals surface area contributed by atoms with Crippen molar-refractivity contribution < 1.29 is 9.18 Å². The number of aryl methyl sites for hydroxylation is 2. The summed E-state index contributed by atoms with van der Waals surface area (Å²) >= 11 is 6.19. The number of nitrogens with zero attached hydrogens (tertiary/aromatic N) is 4. The van der Waals surface area contributed by atoms with Gasteiger partial charge < -0.3 is 5.32 Å². The number of nitrogens with one attached hydrogen (secondary N) is 1. The van der Waals surface area contributed by atoms with Gasteiger partial charge in [-0.3, -0.25) is 14.2 Å². The quantitative estimate of drug-likeness (QED) is 0.645. The van der Waals surface area contributed by atoms with Crippen LogP contribution in [0.4, 0.5) is 10.1 Å². The molecule has 6 nitrogen and oxygen atoms in total.